The van der Waals surface area contributed by atoms with E-state index in [4.69, 9.17) is 11.6 Å². The van der Waals surface area contributed by atoms with Crippen LogP contribution in [-0.4, -0.2) is 5.91 Å². The first kappa shape index (κ1) is 13.6. The molecule has 1 heterocycles. The van der Waals surface area contributed by atoms with Crippen molar-refractivity contribution in [3.05, 3.63) is 62.8 Å². The van der Waals surface area contributed by atoms with Crippen molar-refractivity contribution in [3.63, 3.8) is 0 Å². The number of hydrogen-bond acceptors (Lipinski definition) is 1. The quantitative estimate of drug-likeness (QED) is 0.786. The zero-order valence-electron chi connectivity index (χ0n) is 10.4. The predicted molar refractivity (Wildman–Crippen MR) is 80.4 cm³/mol. The van der Waals surface area contributed by atoms with E-state index in [2.05, 4.69) is 15.9 Å². The summed E-state index contributed by atoms with van der Waals surface area (Å²) < 4.78 is 13.6. The highest BCUT2D eigenvalue weighted by atomic mass is 79.9. The lowest BCUT2D eigenvalue weighted by molar-refractivity contribution is -0.117. The van der Waals surface area contributed by atoms with Crippen LogP contribution in [-0.2, 0) is 17.8 Å². The van der Waals surface area contributed by atoms with E-state index in [1.807, 2.05) is 6.07 Å². The number of carbonyl (C=O) groups is 1. The van der Waals surface area contributed by atoms with E-state index < -0.39 is 0 Å². The van der Waals surface area contributed by atoms with Gasteiger partial charge < -0.3 is 4.90 Å². The van der Waals surface area contributed by atoms with Gasteiger partial charge in [-0.1, -0.05) is 23.7 Å². The molecule has 0 fully saturated rings. The highest BCUT2D eigenvalue weighted by Crippen LogP contribution is 2.33. The Balaban J connectivity index is 1.93. The molecule has 5 heteroatoms. The highest BCUT2D eigenvalue weighted by Gasteiger charge is 2.27. The number of carbonyl (C=O) groups excluding carboxylic acids is 1. The van der Waals surface area contributed by atoms with Crippen molar-refractivity contribution in [1.82, 2.24) is 0 Å². The van der Waals surface area contributed by atoms with Crippen molar-refractivity contribution in [3.8, 4) is 0 Å². The maximum atomic E-state index is 13.2. The molecule has 2 aromatic carbocycles. The van der Waals surface area contributed by atoms with E-state index >= 15 is 0 Å². The molecule has 0 saturated heterocycles. The van der Waals surface area contributed by atoms with Crippen LogP contribution in [0.25, 0.3) is 0 Å². The number of amides is 1. The van der Waals surface area contributed by atoms with E-state index in [-0.39, 0.29) is 11.7 Å². The second-order valence-corrected chi connectivity index (χ2v) is 5.97. The zero-order chi connectivity index (χ0) is 14.3. The normalized spacial score (nSPS) is 13.8. The van der Waals surface area contributed by atoms with Gasteiger partial charge in [0.15, 0.2) is 0 Å². The molecule has 2 aromatic rings. The van der Waals surface area contributed by atoms with Gasteiger partial charge in [-0.05, 0) is 51.3 Å². The maximum Gasteiger partial charge on any atom is 0.231 e. The number of hydrogen-bond donors (Lipinski definition) is 0. The Hall–Kier alpha value is -1.39. The molecule has 0 radical (unpaired) electrons. The summed E-state index contributed by atoms with van der Waals surface area (Å²) in [6, 6.07) is 10.2. The molecule has 1 aliphatic rings. The lowest BCUT2D eigenvalue weighted by Crippen LogP contribution is -2.26. The van der Waals surface area contributed by atoms with Gasteiger partial charge in [-0.15, -0.1) is 0 Å². The Bertz CT molecular complexity index is 704. The molecule has 1 amide bonds. The molecule has 0 aliphatic carbocycles. The number of fused-ring (bicyclic) bond motifs is 1. The molecular formula is C15H10BrClFNO. The Morgan fingerprint density at radius 2 is 2.05 bits per heavy atom. The Kier molecular flexibility index (Phi) is 3.52. The minimum atomic E-state index is -0.315. The van der Waals surface area contributed by atoms with Crippen molar-refractivity contribution in [2.75, 3.05) is 4.90 Å². The lowest BCUT2D eigenvalue weighted by Gasteiger charge is -2.18. The first-order valence-corrected chi connectivity index (χ1v) is 7.24. The minimum absolute atomic E-state index is 0.0303. The summed E-state index contributed by atoms with van der Waals surface area (Å²) in [5.41, 5.74) is 2.67. The van der Waals surface area contributed by atoms with Crippen LogP contribution < -0.4 is 4.90 Å². The molecule has 0 aromatic heterocycles. The van der Waals surface area contributed by atoms with Crippen LogP contribution in [0.2, 0.25) is 5.02 Å². The van der Waals surface area contributed by atoms with Crippen LogP contribution in [0.4, 0.5) is 10.1 Å². The SMILES string of the molecule is O=C1Cc2ccc(Cl)cc2N1Cc1ccc(F)c(Br)c1. The monoisotopic (exact) mass is 353 g/mol. The molecule has 0 atom stereocenters. The third-order valence-corrected chi connectivity index (χ3v) is 4.15. The maximum absolute atomic E-state index is 13.2. The fourth-order valence-corrected chi connectivity index (χ4v) is 2.92. The number of halogens is 3. The van der Waals surface area contributed by atoms with Gasteiger partial charge in [0.25, 0.3) is 0 Å². The van der Waals surface area contributed by atoms with Crippen molar-refractivity contribution in [2.24, 2.45) is 0 Å². The van der Waals surface area contributed by atoms with Gasteiger partial charge in [0, 0.05) is 10.7 Å². The summed E-state index contributed by atoms with van der Waals surface area (Å²) in [4.78, 5) is 13.8. The van der Waals surface area contributed by atoms with Gasteiger partial charge in [-0.25, -0.2) is 4.39 Å². The third-order valence-electron chi connectivity index (χ3n) is 3.31. The van der Waals surface area contributed by atoms with E-state index in [9.17, 15) is 9.18 Å². The van der Waals surface area contributed by atoms with E-state index in [0.717, 1.165) is 16.8 Å². The van der Waals surface area contributed by atoms with Gasteiger partial charge in [0.2, 0.25) is 5.91 Å². The summed E-state index contributed by atoms with van der Waals surface area (Å²) in [6.07, 6.45) is 0.384. The van der Waals surface area contributed by atoms with E-state index in [1.165, 1.54) is 6.07 Å². The average molecular weight is 355 g/mol. The van der Waals surface area contributed by atoms with Gasteiger partial charge in [-0.3, -0.25) is 4.79 Å². The number of anilines is 1. The van der Waals surface area contributed by atoms with Crippen molar-refractivity contribution in [1.29, 1.82) is 0 Å². The van der Waals surface area contributed by atoms with Gasteiger partial charge in [-0.2, -0.15) is 0 Å². The van der Waals surface area contributed by atoms with Gasteiger partial charge >= 0.3 is 0 Å². The number of benzene rings is 2. The number of rotatable bonds is 2. The van der Waals surface area contributed by atoms with Crippen LogP contribution in [0.3, 0.4) is 0 Å². The van der Waals surface area contributed by atoms with Crippen LogP contribution >= 0.6 is 27.5 Å². The van der Waals surface area contributed by atoms with Crippen LogP contribution in [0.15, 0.2) is 40.9 Å². The molecule has 20 heavy (non-hydrogen) atoms. The standard InChI is InChI=1S/C15H10BrClFNO/c16-12-5-9(1-4-13(12)18)8-19-14-7-11(17)3-2-10(14)6-15(19)20/h1-5,7H,6,8H2. The third kappa shape index (κ3) is 2.45. The topological polar surface area (TPSA) is 20.3 Å². The second kappa shape index (κ2) is 5.19. The van der Waals surface area contributed by atoms with Crippen molar-refractivity contribution in [2.45, 2.75) is 13.0 Å². The minimum Gasteiger partial charge on any atom is -0.307 e. The van der Waals surface area contributed by atoms with Crippen LogP contribution in [0.1, 0.15) is 11.1 Å². The van der Waals surface area contributed by atoms with E-state index in [0.29, 0.717) is 22.5 Å². The molecule has 0 N–H and O–H groups in total. The van der Waals surface area contributed by atoms with E-state index in [1.54, 1.807) is 29.2 Å². The molecule has 102 valence electrons. The van der Waals surface area contributed by atoms with Crippen molar-refractivity contribution < 1.29 is 9.18 Å². The van der Waals surface area contributed by atoms with Gasteiger partial charge in [0.05, 0.1) is 17.4 Å². The Morgan fingerprint density at radius 1 is 1.25 bits per heavy atom. The fourth-order valence-electron chi connectivity index (χ4n) is 2.32. The first-order chi connectivity index (χ1) is 9.54. The second-order valence-electron chi connectivity index (χ2n) is 4.68. The summed E-state index contributed by atoms with van der Waals surface area (Å²) >= 11 is 9.14. The summed E-state index contributed by atoms with van der Waals surface area (Å²) in [7, 11) is 0. The molecule has 2 nitrogen and oxygen atoms in total. The molecule has 0 bridgehead atoms. The average Bonchev–Trinajstić information content (AvgIpc) is 2.70. The van der Waals surface area contributed by atoms with Gasteiger partial charge in [0.1, 0.15) is 5.82 Å². The molecule has 1 aliphatic heterocycles. The zero-order valence-corrected chi connectivity index (χ0v) is 12.7. The van der Waals surface area contributed by atoms with Crippen molar-refractivity contribution >= 4 is 39.1 Å². The highest BCUT2D eigenvalue weighted by molar-refractivity contribution is 9.10. The largest absolute Gasteiger partial charge is 0.307 e. The summed E-state index contributed by atoms with van der Waals surface area (Å²) in [5.74, 6) is -0.285. The predicted octanol–water partition coefficient (Wildman–Crippen LogP) is 4.33. The molecule has 0 spiro atoms. The molecule has 3 rings (SSSR count). The molecule has 0 unspecified atom stereocenters. The fraction of sp³-hybridized carbons (Fsp3) is 0.133. The Labute approximate surface area is 129 Å². The Morgan fingerprint density at radius 3 is 2.80 bits per heavy atom. The lowest BCUT2D eigenvalue weighted by atomic mass is 10.1. The molecule has 0 saturated carbocycles. The number of nitrogens with zero attached hydrogens (tertiary/aromatic N) is 1. The summed E-state index contributed by atoms with van der Waals surface area (Å²) in [5, 5.41) is 0.601. The van der Waals surface area contributed by atoms with Crippen LogP contribution in [0, 0.1) is 5.82 Å². The first-order valence-electron chi connectivity index (χ1n) is 6.07. The molecular weight excluding hydrogens is 345 g/mol. The summed E-state index contributed by atoms with van der Waals surface area (Å²) in [6.45, 7) is 0.408. The van der Waals surface area contributed by atoms with Crippen LogP contribution in [0.5, 0.6) is 0 Å². The smallest absolute Gasteiger partial charge is 0.231 e.